The van der Waals surface area contributed by atoms with Gasteiger partial charge < -0.3 is 19.1 Å². The third kappa shape index (κ3) is 4.99. The first-order chi connectivity index (χ1) is 15.9. The van der Waals surface area contributed by atoms with E-state index in [1.807, 2.05) is 0 Å². The topological polar surface area (TPSA) is 116 Å². The zero-order valence-corrected chi connectivity index (χ0v) is 18.1. The molecule has 2 aromatic heterocycles. The monoisotopic (exact) mass is 464 g/mol. The molecule has 1 N–H and O–H groups in total. The Kier molecular flexibility index (Phi) is 6.32. The molecule has 4 rings (SSSR count). The summed E-state index contributed by atoms with van der Waals surface area (Å²) in [5, 5.41) is 7.17. The summed E-state index contributed by atoms with van der Waals surface area (Å²) in [7, 11) is 1.25. The highest BCUT2D eigenvalue weighted by molar-refractivity contribution is 6.30. The van der Waals surface area contributed by atoms with Gasteiger partial charge in [-0.05, 0) is 42.5 Å². The lowest BCUT2D eigenvalue weighted by Gasteiger charge is -2.11. The molecular weight excluding hydrogens is 448 g/mol. The molecule has 0 spiro atoms. The normalized spacial score (nSPS) is 10.6. The van der Waals surface area contributed by atoms with E-state index in [4.69, 9.17) is 20.9 Å². The number of halogens is 1. The Bertz CT molecular complexity index is 1380. The quantitative estimate of drug-likeness (QED) is 0.433. The standard InChI is InChI=1S/C23H17ClN4O5/c1-32-23(31)17-4-2-3-5-18(17)25-19(29)13-28-12-15(8-11-20(28)30)22-26-21(27-33-22)14-6-9-16(24)10-7-14/h2-12H,13H2,1H3,(H,25,29). The number of carbonyl (C=O) groups is 2. The Morgan fingerprint density at radius 3 is 2.55 bits per heavy atom. The van der Waals surface area contributed by atoms with E-state index in [2.05, 4.69) is 15.5 Å². The van der Waals surface area contributed by atoms with E-state index in [1.54, 1.807) is 42.5 Å². The minimum Gasteiger partial charge on any atom is -0.465 e. The van der Waals surface area contributed by atoms with Crippen LogP contribution in [0.15, 0.2) is 76.2 Å². The van der Waals surface area contributed by atoms with Crippen LogP contribution in [0, 0.1) is 0 Å². The predicted octanol–water partition coefficient (Wildman–Crippen LogP) is 3.64. The molecule has 0 aliphatic carbocycles. The molecular formula is C23H17ClN4O5. The van der Waals surface area contributed by atoms with Crippen LogP contribution >= 0.6 is 11.6 Å². The van der Waals surface area contributed by atoms with Crippen LogP contribution in [0.2, 0.25) is 5.02 Å². The van der Waals surface area contributed by atoms with Crippen LogP contribution in [0.1, 0.15) is 10.4 Å². The minimum atomic E-state index is -0.585. The van der Waals surface area contributed by atoms with E-state index in [0.29, 0.717) is 22.0 Å². The van der Waals surface area contributed by atoms with E-state index >= 15 is 0 Å². The second kappa shape index (κ2) is 9.49. The average molecular weight is 465 g/mol. The summed E-state index contributed by atoms with van der Waals surface area (Å²) in [6.45, 7) is -0.291. The lowest BCUT2D eigenvalue weighted by atomic mass is 10.2. The van der Waals surface area contributed by atoms with Crippen LogP contribution in [-0.2, 0) is 16.1 Å². The fourth-order valence-corrected chi connectivity index (χ4v) is 3.19. The van der Waals surface area contributed by atoms with Gasteiger partial charge in [0.2, 0.25) is 11.7 Å². The van der Waals surface area contributed by atoms with E-state index in [0.717, 1.165) is 0 Å². The van der Waals surface area contributed by atoms with Gasteiger partial charge in [0.05, 0.1) is 23.9 Å². The molecule has 33 heavy (non-hydrogen) atoms. The summed E-state index contributed by atoms with van der Waals surface area (Å²) in [4.78, 5) is 41.1. The SMILES string of the molecule is COC(=O)c1ccccc1NC(=O)Cn1cc(-c2nc(-c3ccc(Cl)cc3)no2)ccc1=O. The minimum absolute atomic E-state index is 0.185. The number of aromatic nitrogens is 3. The summed E-state index contributed by atoms with van der Waals surface area (Å²) < 4.78 is 11.3. The van der Waals surface area contributed by atoms with Crippen LogP contribution in [-0.4, -0.2) is 33.7 Å². The maximum Gasteiger partial charge on any atom is 0.339 e. The van der Waals surface area contributed by atoms with Gasteiger partial charge >= 0.3 is 5.97 Å². The van der Waals surface area contributed by atoms with Gasteiger partial charge in [-0.2, -0.15) is 4.98 Å². The zero-order chi connectivity index (χ0) is 23.4. The summed E-state index contributed by atoms with van der Waals surface area (Å²) in [6, 6.07) is 16.2. The number of methoxy groups -OCH3 is 1. The average Bonchev–Trinajstić information content (AvgIpc) is 3.31. The van der Waals surface area contributed by atoms with Gasteiger partial charge in [0, 0.05) is 22.8 Å². The second-order valence-corrected chi connectivity index (χ2v) is 7.34. The molecule has 0 saturated carbocycles. The number of hydrogen-bond acceptors (Lipinski definition) is 7. The number of benzene rings is 2. The van der Waals surface area contributed by atoms with Crippen LogP contribution in [0.4, 0.5) is 5.69 Å². The lowest BCUT2D eigenvalue weighted by Crippen LogP contribution is -2.27. The molecule has 166 valence electrons. The van der Waals surface area contributed by atoms with Gasteiger partial charge in [-0.1, -0.05) is 28.9 Å². The van der Waals surface area contributed by atoms with E-state index in [-0.39, 0.29) is 23.7 Å². The van der Waals surface area contributed by atoms with Crippen LogP contribution < -0.4 is 10.9 Å². The number of amides is 1. The van der Waals surface area contributed by atoms with Gasteiger partial charge in [-0.3, -0.25) is 9.59 Å². The molecule has 10 heteroatoms. The molecule has 0 saturated heterocycles. The zero-order valence-electron chi connectivity index (χ0n) is 17.3. The fourth-order valence-electron chi connectivity index (χ4n) is 3.06. The molecule has 0 atom stereocenters. The van der Waals surface area contributed by atoms with Crippen LogP contribution in [0.3, 0.4) is 0 Å². The third-order valence-electron chi connectivity index (χ3n) is 4.68. The number of rotatable bonds is 6. The van der Waals surface area contributed by atoms with Crippen molar-refractivity contribution in [2.45, 2.75) is 6.54 Å². The number of nitrogens with one attached hydrogen (secondary N) is 1. The highest BCUT2D eigenvalue weighted by Crippen LogP contribution is 2.23. The number of pyridine rings is 1. The first kappa shape index (κ1) is 22.0. The van der Waals surface area contributed by atoms with Gasteiger partial charge in [0.1, 0.15) is 6.54 Å². The summed E-state index contributed by atoms with van der Waals surface area (Å²) in [5.41, 5.74) is 1.27. The Morgan fingerprint density at radius 1 is 1.06 bits per heavy atom. The molecule has 4 aromatic rings. The largest absolute Gasteiger partial charge is 0.465 e. The van der Waals surface area contributed by atoms with Gasteiger partial charge in [-0.25, -0.2) is 4.79 Å². The number of anilines is 1. The van der Waals surface area contributed by atoms with Crippen molar-refractivity contribution in [3.63, 3.8) is 0 Å². The van der Waals surface area contributed by atoms with Gasteiger partial charge in [-0.15, -0.1) is 0 Å². The highest BCUT2D eigenvalue weighted by Gasteiger charge is 2.15. The number of esters is 1. The molecule has 0 fully saturated rings. The smallest absolute Gasteiger partial charge is 0.339 e. The second-order valence-electron chi connectivity index (χ2n) is 6.90. The Morgan fingerprint density at radius 2 is 1.79 bits per heavy atom. The number of para-hydroxylation sites is 1. The van der Waals surface area contributed by atoms with Crippen molar-refractivity contribution in [3.8, 4) is 22.8 Å². The van der Waals surface area contributed by atoms with Crippen molar-refractivity contribution in [2.24, 2.45) is 0 Å². The first-order valence-electron chi connectivity index (χ1n) is 9.72. The molecule has 0 unspecified atom stereocenters. The molecule has 0 radical (unpaired) electrons. The summed E-state index contributed by atoms with van der Waals surface area (Å²) in [5.74, 6) is -0.544. The third-order valence-corrected chi connectivity index (χ3v) is 4.93. The van der Waals surface area contributed by atoms with Crippen molar-refractivity contribution in [3.05, 3.63) is 87.8 Å². The molecule has 0 bridgehead atoms. The Hall–Kier alpha value is -4.24. The van der Waals surface area contributed by atoms with Crippen molar-refractivity contribution in [1.29, 1.82) is 0 Å². The van der Waals surface area contributed by atoms with E-state index in [1.165, 1.54) is 36.1 Å². The Balaban J connectivity index is 1.54. The van der Waals surface area contributed by atoms with Crippen molar-refractivity contribution >= 4 is 29.2 Å². The Labute approximate surface area is 192 Å². The number of nitrogens with zero attached hydrogens (tertiary/aromatic N) is 3. The molecule has 2 heterocycles. The molecule has 2 aromatic carbocycles. The first-order valence-corrected chi connectivity index (χ1v) is 10.1. The highest BCUT2D eigenvalue weighted by atomic mass is 35.5. The number of ether oxygens (including phenoxy) is 1. The van der Waals surface area contributed by atoms with Gasteiger partial charge in [0.15, 0.2) is 0 Å². The fraction of sp³-hybridized carbons (Fsp3) is 0.0870. The van der Waals surface area contributed by atoms with E-state index < -0.39 is 17.4 Å². The maximum absolute atomic E-state index is 12.6. The lowest BCUT2D eigenvalue weighted by molar-refractivity contribution is -0.116. The van der Waals surface area contributed by atoms with Crippen LogP contribution in [0.25, 0.3) is 22.8 Å². The number of carbonyl (C=O) groups excluding carboxylic acids is 2. The molecule has 0 aliphatic rings. The molecule has 9 nitrogen and oxygen atoms in total. The van der Waals surface area contributed by atoms with E-state index in [9.17, 15) is 14.4 Å². The summed E-state index contributed by atoms with van der Waals surface area (Å²) >= 11 is 5.90. The summed E-state index contributed by atoms with van der Waals surface area (Å²) in [6.07, 6.45) is 1.45. The maximum atomic E-state index is 12.6. The molecule has 1 amide bonds. The molecule has 0 aliphatic heterocycles. The van der Waals surface area contributed by atoms with Crippen LogP contribution in [0.5, 0.6) is 0 Å². The number of hydrogen-bond donors (Lipinski definition) is 1. The van der Waals surface area contributed by atoms with Gasteiger partial charge in [0.25, 0.3) is 11.4 Å². The van der Waals surface area contributed by atoms with Crippen molar-refractivity contribution < 1.29 is 18.8 Å². The predicted molar refractivity (Wildman–Crippen MR) is 121 cm³/mol. The van der Waals surface area contributed by atoms with Crippen molar-refractivity contribution in [1.82, 2.24) is 14.7 Å². The van der Waals surface area contributed by atoms with Crippen molar-refractivity contribution in [2.75, 3.05) is 12.4 Å².